The van der Waals surface area contributed by atoms with Crippen molar-refractivity contribution in [3.63, 3.8) is 0 Å². The first-order valence-electron chi connectivity index (χ1n) is 6.33. The number of hydrogen-bond donors (Lipinski definition) is 3. The lowest BCUT2D eigenvalue weighted by atomic mass is 10.1. The molecule has 8 nitrogen and oxygen atoms in total. The van der Waals surface area contributed by atoms with Crippen LogP contribution in [0.5, 0.6) is 5.75 Å². The second-order valence-electron chi connectivity index (χ2n) is 4.37. The van der Waals surface area contributed by atoms with Gasteiger partial charge in [-0.15, -0.1) is 0 Å². The fourth-order valence-corrected chi connectivity index (χ4v) is 1.82. The number of carbonyl (C=O) groups is 3. The Hall–Kier alpha value is -2.77. The van der Waals surface area contributed by atoms with Gasteiger partial charge >= 0.3 is 18.0 Å². The number of rotatable bonds is 5. The van der Waals surface area contributed by atoms with Gasteiger partial charge in [0.1, 0.15) is 5.75 Å². The maximum atomic E-state index is 11.6. The van der Waals surface area contributed by atoms with Gasteiger partial charge in [-0.25, -0.2) is 14.5 Å². The maximum absolute atomic E-state index is 11.6. The molecule has 1 aliphatic heterocycles. The van der Waals surface area contributed by atoms with E-state index in [0.717, 1.165) is 4.90 Å². The summed E-state index contributed by atoms with van der Waals surface area (Å²) in [6.45, 7) is 0.688. The molecule has 1 aromatic carbocycles. The number of hydrogen-bond acceptors (Lipinski definition) is 4. The van der Waals surface area contributed by atoms with Crippen LogP contribution in [0.15, 0.2) is 24.3 Å². The third-order valence-electron chi connectivity index (χ3n) is 2.84. The van der Waals surface area contributed by atoms with Crippen molar-refractivity contribution in [1.82, 2.24) is 15.5 Å². The lowest BCUT2D eigenvalue weighted by Gasteiger charge is -2.14. The number of amides is 4. The van der Waals surface area contributed by atoms with E-state index in [1.807, 2.05) is 0 Å². The van der Waals surface area contributed by atoms with Crippen LogP contribution in [0.3, 0.4) is 0 Å². The van der Waals surface area contributed by atoms with Crippen LogP contribution in [0, 0.1) is 0 Å². The van der Waals surface area contributed by atoms with Crippen molar-refractivity contribution < 1.29 is 24.2 Å². The zero-order chi connectivity index (χ0) is 15.2. The summed E-state index contributed by atoms with van der Waals surface area (Å²) in [5.74, 6) is -0.407. The van der Waals surface area contributed by atoms with Crippen molar-refractivity contribution in [3.8, 4) is 5.75 Å². The molecule has 2 rings (SSSR count). The van der Waals surface area contributed by atoms with E-state index in [9.17, 15) is 14.4 Å². The van der Waals surface area contributed by atoms with E-state index in [1.54, 1.807) is 24.3 Å². The van der Waals surface area contributed by atoms with Crippen molar-refractivity contribution in [1.29, 1.82) is 0 Å². The van der Waals surface area contributed by atoms with Gasteiger partial charge in [0.05, 0.1) is 6.42 Å². The van der Waals surface area contributed by atoms with Gasteiger partial charge in [0.25, 0.3) is 0 Å². The van der Waals surface area contributed by atoms with Crippen LogP contribution in [0.25, 0.3) is 0 Å². The number of urea groups is 2. The van der Waals surface area contributed by atoms with Gasteiger partial charge in [-0.3, -0.25) is 4.79 Å². The van der Waals surface area contributed by atoms with Crippen LogP contribution < -0.4 is 15.4 Å². The molecule has 3 N–H and O–H groups in total. The summed E-state index contributed by atoms with van der Waals surface area (Å²) < 4.78 is 5.29. The van der Waals surface area contributed by atoms with Crippen LogP contribution in [0.2, 0.25) is 0 Å². The molecule has 4 amide bonds. The molecule has 0 bridgehead atoms. The number of nitrogens with one attached hydrogen (secondary N) is 2. The summed E-state index contributed by atoms with van der Waals surface area (Å²) >= 11 is 0. The fourth-order valence-electron chi connectivity index (χ4n) is 1.82. The minimum absolute atomic E-state index is 0.0545. The highest BCUT2D eigenvalue weighted by atomic mass is 16.5. The molecular formula is C13H15N3O5. The van der Waals surface area contributed by atoms with E-state index in [1.165, 1.54) is 0 Å². The number of ether oxygens (including phenoxy) is 1. The van der Waals surface area contributed by atoms with E-state index < -0.39 is 18.0 Å². The van der Waals surface area contributed by atoms with E-state index in [2.05, 4.69) is 10.6 Å². The average molecular weight is 293 g/mol. The maximum Gasteiger partial charge on any atom is 0.328 e. The average Bonchev–Trinajstić information content (AvgIpc) is 2.86. The summed E-state index contributed by atoms with van der Waals surface area (Å²) in [5.41, 5.74) is 0.660. The van der Waals surface area contributed by atoms with E-state index in [0.29, 0.717) is 24.4 Å². The minimum atomic E-state index is -0.903. The zero-order valence-corrected chi connectivity index (χ0v) is 11.2. The fraction of sp³-hybridized carbons (Fsp3) is 0.308. The Bertz CT molecular complexity index is 543. The molecule has 8 heteroatoms. The molecule has 0 radical (unpaired) electrons. The number of nitrogens with zero attached hydrogens (tertiary/aromatic N) is 1. The Morgan fingerprint density at radius 1 is 1.33 bits per heavy atom. The third kappa shape index (κ3) is 4.10. The summed E-state index contributed by atoms with van der Waals surface area (Å²) in [6.07, 6.45) is -0.0545. The summed E-state index contributed by atoms with van der Waals surface area (Å²) in [4.78, 5) is 34.5. The highest BCUT2D eigenvalue weighted by Crippen LogP contribution is 2.12. The number of aliphatic carboxylic acids is 1. The lowest BCUT2D eigenvalue weighted by molar-refractivity contribution is -0.136. The number of carboxylic acids is 1. The van der Waals surface area contributed by atoms with E-state index >= 15 is 0 Å². The Morgan fingerprint density at radius 2 is 2.05 bits per heavy atom. The van der Waals surface area contributed by atoms with Gasteiger partial charge in [0, 0.05) is 13.1 Å². The van der Waals surface area contributed by atoms with Crippen molar-refractivity contribution in [2.45, 2.75) is 6.42 Å². The normalized spacial score (nSPS) is 13.7. The molecule has 1 fully saturated rings. The molecule has 0 saturated carbocycles. The van der Waals surface area contributed by atoms with Gasteiger partial charge in [0.2, 0.25) is 0 Å². The van der Waals surface area contributed by atoms with Crippen LogP contribution in [-0.2, 0) is 11.2 Å². The molecule has 0 aromatic heterocycles. The molecule has 0 aliphatic carbocycles. The highest BCUT2D eigenvalue weighted by molar-refractivity contribution is 5.94. The van der Waals surface area contributed by atoms with Crippen LogP contribution >= 0.6 is 0 Å². The molecule has 112 valence electrons. The Labute approximate surface area is 120 Å². The molecule has 1 aromatic rings. The topological polar surface area (TPSA) is 108 Å². The monoisotopic (exact) mass is 293 g/mol. The van der Waals surface area contributed by atoms with Gasteiger partial charge in [0.15, 0.2) is 6.73 Å². The minimum Gasteiger partial charge on any atom is -0.481 e. The summed E-state index contributed by atoms with van der Waals surface area (Å²) in [5, 5.41) is 13.6. The SMILES string of the molecule is O=C(O)Cc1ccc(OCNC(=O)N2CCNC2=O)cc1. The van der Waals surface area contributed by atoms with Crippen molar-refractivity contribution in [2.75, 3.05) is 19.8 Å². The zero-order valence-electron chi connectivity index (χ0n) is 11.2. The van der Waals surface area contributed by atoms with Gasteiger partial charge in [-0.1, -0.05) is 12.1 Å². The van der Waals surface area contributed by atoms with Crippen molar-refractivity contribution in [3.05, 3.63) is 29.8 Å². The quantitative estimate of drug-likeness (QED) is 0.680. The largest absolute Gasteiger partial charge is 0.481 e. The van der Waals surface area contributed by atoms with Gasteiger partial charge in [-0.2, -0.15) is 0 Å². The smallest absolute Gasteiger partial charge is 0.328 e. The van der Waals surface area contributed by atoms with E-state index in [4.69, 9.17) is 9.84 Å². The van der Waals surface area contributed by atoms with Crippen LogP contribution in [0.4, 0.5) is 9.59 Å². The molecular weight excluding hydrogens is 278 g/mol. The predicted molar refractivity (Wildman–Crippen MR) is 71.9 cm³/mol. The number of benzene rings is 1. The van der Waals surface area contributed by atoms with Crippen molar-refractivity contribution >= 4 is 18.0 Å². The van der Waals surface area contributed by atoms with Gasteiger partial charge < -0.3 is 20.5 Å². The lowest BCUT2D eigenvalue weighted by Crippen LogP contribution is -2.43. The van der Waals surface area contributed by atoms with E-state index in [-0.39, 0.29) is 13.2 Å². The second kappa shape index (κ2) is 6.60. The Kier molecular flexibility index (Phi) is 4.60. The number of carboxylic acid groups (broad SMARTS) is 1. The molecule has 0 spiro atoms. The standard InChI is InChI=1S/C13H15N3O5/c17-11(18)7-9-1-3-10(4-2-9)21-8-15-13(20)16-6-5-14-12(16)19/h1-4H,5-8H2,(H,14,19)(H,15,20)(H,17,18). The van der Waals surface area contributed by atoms with Crippen LogP contribution in [-0.4, -0.2) is 47.9 Å². The highest BCUT2D eigenvalue weighted by Gasteiger charge is 2.25. The molecule has 0 atom stereocenters. The summed E-state index contributed by atoms with van der Waals surface area (Å²) in [6, 6.07) is 5.57. The molecule has 0 unspecified atom stereocenters. The first-order chi connectivity index (χ1) is 10.1. The van der Waals surface area contributed by atoms with Crippen LogP contribution in [0.1, 0.15) is 5.56 Å². The second-order valence-corrected chi connectivity index (χ2v) is 4.37. The molecule has 21 heavy (non-hydrogen) atoms. The Balaban J connectivity index is 1.76. The third-order valence-corrected chi connectivity index (χ3v) is 2.84. The van der Waals surface area contributed by atoms with Gasteiger partial charge in [-0.05, 0) is 17.7 Å². The first-order valence-corrected chi connectivity index (χ1v) is 6.33. The summed E-state index contributed by atoms with van der Waals surface area (Å²) in [7, 11) is 0. The molecule has 1 aliphatic rings. The molecule has 1 heterocycles. The first kappa shape index (κ1) is 14.6. The number of imide groups is 1. The Morgan fingerprint density at radius 3 is 2.62 bits per heavy atom. The van der Waals surface area contributed by atoms with Crippen molar-refractivity contribution in [2.24, 2.45) is 0 Å². The number of carbonyl (C=O) groups excluding carboxylic acids is 2. The predicted octanol–water partition coefficient (Wildman–Crippen LogP) is 0.385. The molecule has 1 saturated heterocycles.